The Kier molecular flexibility index (Phi) is 5.53. The number of rotatable bonds is 3. The standard InChI is InChI=1S/C16H23N3S/c1-12-8-9-14(13(2)10-12)11-17-19-16(20)18-15-6-4-3-5-7-15/h8-11,15H,3-7H2,1-2H3,(H2,18,19,20)/b17-11+. The van der Waals surface area contributed by atoms with Crippen LogP contribution in [-0.2, 0) is 0 Å². The van der Waals surface area contributed by atoms with Gasteiger partial charge in [0.1, 0.15) is 0 Å². The molecule has 20 heavy (non-hydrogen) atoms. The highest BCUT2D eigenvalue weighted by atomic mass is 32.1. The Morgan fingerprint density at radius 2 is 2.00 bits per heavy atom. The van der Waals surface area contributed by atoms with Gasteiger partial charge in [0.25, 0.3) is 0 Å². The molecule has 0 aromatic heterocycles. The summed E-state index contributed by atoms with van der Waals surface area (Å²) >= 11 is 5.27. The van der Waals surface area contributed by atoms with E-state index in [-0.39, 0.29) is 0 Å². The zero-order valence-electron chi connectivity index (χ0n) is 12.3. The summed E-state index contributed by atoms with van der Waals surface area (Å²) in [6.07, 6.45) is 8.19. The SMILES string of the molecule is Cc1ccc(/C=N/NC(=S)NC2CCCCC2)c(C)c1. The van der Waals surface area contributed by atoms with E-state index in [0.29, 0.717) is 11.2 Å². The first-order chi connectivity index (χ1) is 9.65. The van der Waals surface area contributed by atoms with E-state index >= 15 is 0 Å². The van der Waals surface area contributed by atoms with Crippen LogP contribution < -0.4 is 10.7 Å². The molecule has 1 aromatic rings. The molecule has 4 heteroatoms. The largest absolute Gasteiger partial charge is 0.359 e. The Morgan fingerprint density at radius 1 is 1.25 bits per heavy atom. The number of hydrogen-bond donors (Lipinski definition) is 2. The molecule has 0 spiro atoms. The van der Waals surface area contributed by atoms with Crippen molar-refractivity contribution in [1.82, 2.24) is 10.7 Å². The molecule has 1 aromatic carbocycles. The van der Waals surface area contributed by atoms with Gasteiger partial charge in [0.2, 0.25) is 0 Å². The van der Waals surface area contributed by atoms with Crippen LogP contribution >= 0.6 is 12.2 Å². The lowest BCUT2D eigenvalue weighted by Gasteiger charge is -2.23. The summed E-state index contributed by atoms with van der Waals surface area (Å²) in [5.74, 6) is 0. The van der Waals surface area contributed by atoms with E-state index in [2.05, 4.69) is 47.9 Å². The summed E-state index contributed by atoms with van der Waals surface area (Å²) in [6.45, 7) is 4.18. The molecule has 1 fully saturated rings. The van der Waals surface area contributed by atoms with Crippen molar-refractivity contribution < 1.29 is 0 Å². The van der Waals surface area contributed by atoms with E-state index in [4.69, 9.17) is 12.2 Å². The number of nitrogens with zero attached hydrogens (tertiary/aromatic N) is 1. The Bertz CT molecular complexity index is 490. The zero-order chi connectivity index (χ0) is 14.4. The normalized spacial score (nSPS) is 16.3. The van der Waals surface area contributed by atoms with Crippen LogP contribution in [0.25, 0.3) is 0 Å². The van der Waals surface area contributed by atoms with Crippen molar-refractivity contribution >= 4 is 23.5 Å². The number of benzene rings is 1. The van der Waals surface area contributed by atoms with Crippen LogP contribution in [0.3, 0.4) is 0 Å². The lowest BCUT2D eigenvalue weighted by atomic mass is 9.96. The first-order valence-corrected chi connectivity index (χ1v) is 7.73. The van der Waals surface area contributed by atoms with Crippen LogP contribution in [0, 0.1) is 13.8 Å². The highest BCUT2D eigenvalue weighted by Crippen LogP contribution is 2.17. The summed E-state index contributed by atoms with van der Waals surface area (Å²) in [7, 11) is 0. The van der Waals surface area contributed by atoms with Gasteiger partial charge in [-0.1, -0.05) is 43.0 Å². The molecule has 1 aliphatic rings. The molecule has 2 rings (SSSR count). The molecule has 0 radical (unpaired) electrons. The molecule has 2 N–H and O–H groups in total. The third kappa shape index (κ3) is 4.60. The molecule has 0 heterocycles. The maximum absolute atomic E-state index is 5.27. The first-order valence-electron chi connectivity index (χ1n) is 7.32. The summed E-state index contributed by atoms with van der Waals surface area (Å²) in [5.41, 5.74) is 6.51. The Labute approximate surface area is 126 Å². The van der Waals surface area contributed by atoms with Gasteiger partial charge in [0.05, 0.1) is 6.21 Å². The predicted octanol–water partition coefficient (Wildman–Crippen LogP) is 3.43. The maximum Gasteiger partial charge on any atom is 0.187 e. The lowest BCUT2D eigenvalue weighted by Crippen LogP contribution is -2.40. The Morgan fingerprint density at radius 3 is 2.70 bits per heavy atom. The van der Waals surface area contributed by atoms with Gasteiger partial charge in [0, 0.05) is 6.04 Å². The van der Waals surface area contributed by atoms with E-state index in [9.17, 15) is 0 Å². The van der Waals surface area contributed by atoms with Crippen molar-refractivity contribution in [3.05, 3.63) is 34.9 Å². The third-order valence-electron chi connectivity index (χ3n) is 3.74. The smallest absolute Gasteiger partial charge is 0.187 e. The van der Waals surface area contributed by atoms with Gasteiger partial charge >= 0.3 is 0 Å². The molecule has 108 valence electrons. The van der Waals surface area contributed by atoms with Crippen molar-refractivity contribution in [3.63, 3.8) is 0 Å². The number of thiocarbonyl (C=S) groups is 1. The molecule has 0 unspecified atom stereocenters. The van der Waals surface area contributed by atoms with Crippen LogP contribution in [0.15, 0.2) is 23.3 Å². The van der Waals surface area contributed by atoms with E-state index < -0.39 is 0 Å². The fraction of sp³-hybridized carbons (Fsp3) is 0.500. The average Bonchev–Trinajstić information content (AvgIpc) is 2.42. The van der Waals surface area contributed by atoms with Gasteiger partial charge in [-0.15, -0.1) is 0 Å². The summed E-state index contributed by atoms with van der Waals surface area (Å²) < 4.78 is 0. The molecular weight excluding hydrogens is 266 g/mol. The van der Waals surface area contributed by atoms with Gasteiger partial charge in [-0.2, -0.15) is 5.10 Å². The molecule has 3 nitrogen and oxygen atoms in total. The molecule has 0 bridgehead atoms. The topological polar surface area (TPSA) is 36.4 Å². The van der Waals surface area contributed by atoms with Gasteiger partial charge in [-0.05, 0) is 50.0 Å². The molecule has 0 aliphatic heterocycles. The van der Waals surface area contributed by atoms with Crippen LogP contribution in [0.4, 0.5) is 0 Å². The Balaban J connectivity index is 1.81. The molecular formula is C16H23N3S. The minimum Gasteiger partial charge on any atom is -0.359 e. The van der Waals surface area contributed by atoms with Gasteiger partial charge in [-0.25, -0.2) is 0 Å². The molecule has 0 amide bonds. The summed E-state index contributed by atoms with van der Waals surface area (Å²) in [5, 5.41) is 8.18. The van der Waals surface area contributed by atoms with E-state index in [0.717, 1.165) is 5.56 Å². The highest BCUT2D eigenvalue weighted by Gasteiger charge is 2.13. The number of aryl methyl sites for hydroxylation is 2. The molecule has 0 saturated heterocycles. The van der Waals surface area contributed by atoms with Gasteiger partial charge < -0.3 is 5.32 Å². The second-order valence-electron chi connectivity index (χ2n) is 5.54. The van der Waals surface area contributed by atoms with Crippen LogP contribution in [0.5, 0.6) is 0 Å². The maximum atomic E-state index is 5.27. The Hall–Kier alpha value is -1.42. The zero-order valence-corrected chi connectivity index (χ0v) is 13.1. The lowest BCUT2D eigenvalue weighted by molar-refractivity contribution is 0.412. The predicted molar refractivity (Wildman–Crippen MR) is 89.3 cm³/mol. The summed E-state index contributed by atoms with van der Waals surface area (Å²) in [4.78, 5) is 0. The quantitative estimate of drug-likeness (QED) is 0.508. The van der Waals surface area contributed by atoms with E-state index in [1.807, 2.05) is 6.21 Å². The van der Waals surface area contributed by atoms with Crippen molar-refractivity contribution in [1.29, 1.82) is 0 Å². The van der Waals surface area contributed by atoms with Crippen molar-refractivity contribution in [2.45, 2.75) is 52.0 Å². The van der Waals surface area contributed by atoms with Crippen LogP contribution in [0.1, 0.15) is 48.8 Å². The van der Waals surface area contributed by atoms with Crippen LogP contribution in [-0.4, -0.2) is 17.4 Å². The van der Waals surface area contributed by atoms with Crippen molar-refractivity contribution in [2.75, 3.05) is 0 Å². The van der Waals surface area contributed by atoms with Gasteiger partial charge in [-0.3, -0.25) is 5.43 Å². The van der Waals surface area contributed by atoms with Crippen molar-refractivity contribution in [2.24, 2.45) is 5.10 Å². The molecule has 1 aliphatic carbocycles. The minimum atomic E-state index is 0.514. The average molecular weight is 289 g/mol. The highest BCUT2D eigenvalue weighted by molar-refractivity contribution is 7.80. The van der Waals surface area contributed by atoms with E-state index in [1.165, 1.54) is 43.2 Å². The fourth-order valence-electron chi connectivity index (χ4n) is 2.60. The second-order valence-corrected chi connectivity index (χ2v) is 5.95. The molecule has 0 atom stereocenters. The fourth-order valence-corrected chi connectivity index (χ4v) is 2.81. The molecule has 1 saturated carbocycles. The second kappa shape index (κ2) is 7.39. The van der Waals surface area contributed by atoms with Crippen molar-refractivity contribution in [3.8, 4) is 0 Å². The van der Waals surface area contributed by atoms with E-state index in [1.54, 1.807) is 0 Å². The monoisotopic (exact) mass is 289 g/mol. The number of hydrazone groups is 1. The third-order valence-corrected chi connectivity index (χ3v) is 3.94. The van der Waals surface area contributed by atoms with Crippen LogP contribution in [0.2, 0.25) is 0 Å². The summed E-state index contributed by atoms with van der Waals surface area (Å²) in [6, 6.07) is 6.83. The van der Waals surface area contributed by atoms with Gasteiger partial charge in [0.15, 0.2) is 5.11 Å². The number of nitrogens with one attached hydrogen (secondary N) is 2. The minimum absolute atomic E-state index is 0.514. The first kappa shape index (κ1) is 15.0. The number of hydrogen-bond acceptors (Lipinski definition) is 2.